The second-order valence-electron chi connectivity index (χ2n) is 4.27. The van der Waals surface area contributed by atoms with Crippen molar-refractivity contribution in [2.45, 2.75) is 20.0 Å². The highest BCUT2D eigenvalue weighted by Gasteiger charge is 2.06. The van der Waals surface area contributed by atoms with Crippen molar-refractivity contribution in [2.24, 2.45) is 5.73 Å². The summed E-state index contributed by atoms with van der Waals surface area (Å²) in [5.41, 5.74) is 7.93. The zero-order valence-corrected chi connectivity index (χ0v) is 12.2. The van der Waals surface area contributed by atoms with Gasteiger partial charge in [0.05, 0.1) is 4.47 Å². The number of hydrogen-bond acceptors (Lipinski definition) is 3. The van der Waals surface area contributed by atoms with Crippen LogP contribution in [0.1, 0.15) is 16.7 Å². The number of benzene rings is 1. The first-order valence-electron chi connectivity index (χ1n) is 5.94. The molecule has 0 fully saturated rings. The van der Waals surface area contributed by atoms with Crippen LogP contribution >= 0.6 is 15.9 Å². The second-order valence-corrected chi connectivity index (χ2v) is 5.07. The summed E-state index contributed by atoms with van der Waals surface area (Å²) in [6, 6.07) is 6.95. The molecule has 1 heterocycles. The van der Waals surface area contributed by atoms with E-state index in [9.17, 15) is 4.39 Å². The van der Waals surface area contributed by atoms with E-state index in [4.69, 9.17) is 5.73 Å². The van der Waals surface area contributed by atoms with Crippen LogP contribution in [0.3, 0.4) is 0 Å². The van der Waals surface area contributed by atoms with E-state index in [1.54, 1.807) is 12.3 Å². The predicted molar refractivity (Wildman–Crippen MR) is 78.3 cm³/mol. The van der Waals surface area contributed by atoms with Gasteiger partial charge in [0.15, 0.2) is 0 Å². The molecule has 1 aromatic carbocycles. The van der Waals surface area contributed by atoms with Crippen molar-refractivity contribution in [2.75, 3.05) is 5.32 Å². The minimum absolute atomic E-state index is 0.251. The molecule has 0 aliphatic rings. The minimum Gasteiger partial charge on any atom is -0.365 e. The smallest absolute Gasteiger partial charge is 0.140 e. The van der Waals surface area contributed by atoms with Gasteiger partial charge in [-0.05, 0) is 46.1 Å². The molecule has 0 unspecified atom stereocenters. The molecule has 2 aromatic rings. The van der Waals surface area contributed by atoms with Gasteiger partial charge in [-0.25, -0.2) is 9.37 Å². The third-order valence-electron chi connectivity index (χ3n) is 2.88. The monoisotopic (exact) mass is 323 g/mol. The Balaban J connectivity index is 2.12. The lowest BCUT2D eigenvalue weighted by Crippen LogP contribution is -2.05. The van der Waals surface area contributed by atoms with Gasteiger partial charge in [0, 0.05) is 24.8 Å². The average Bonchev–Trinajstić information content (AvgIpc) is 2.41. The third kappa shape index (κ3) is 3.30. The zero-order chi connectivity index (χ0) is 13.8. The van der Waals surface area contributed by atoms with E-state index < -0.39 is 0 Å². The van der Waals surface area contributed by atoms with Crippen LogP contribution in [0.2, 0.25) is 0 Å². The first-order valence-corrected chi connectivity index (χ1v) is 6.73. The lowest BCUT2D eigenvalue weighted by molar-refractivity contribution is 0.610. The predicted octanol–water partition coefficient (Wildman–Crippen LogP) is 3.36. The molecule has 0 radical (unpaired) electrons. The van der Waals surface area contributed by atoms with Crippen LogP contribution in [0.15, 0.2) is 34.9 Å². The maximum atomic E-state index is 13.8. The van der Waals surface area contributed by atoms with Gasteiger partial charge in [0.2, 0.25) is 0 Å². The van der Waals surface area contributed by atoms with Crippen LogP contribution in [0.5, 0.6) is 0 Å². The third-order valence-corrected chi connectivity index (χ3v) is 3.88. The maximum Gasteiger partial charge on any atom is 0.140 e. The first kappa shape index (κ1) is 14.0. The van der Waals surface area contributed by atoms with Crippen LogP contribution in [-0.2, 0) is 13.1 Å². The van der Waals surface area contributed by atoms with Crippen molar-refractivity contribution < 1.29 is 4.39 Å². The SMILES string of the molecule is Cc1ccnc(NCc2ccc(CN)cc2F)c1Br. The maximum absolute atomic E-state index is 13.8. The van der Waals surface area contributed by atoms with Crippen LogP contribution in [-0.4, -0.2) is 4.98 Å². The summed E-state index contributed by atoms with van der Waals surface area (Å²) in [5, 5.41) is 3.12. The Bertz CT molecular complexity index is 587. The van der Waals surface area contributed by atoms with Crippen LogP contribution in [0.25, 0.3) is 0 Å². The molecule has 2 rings (SSSR count). The standard InChI is InChI=1S/C14H15BrFN3/c1-9-4-5-18-14(13(9)15)19-8-11-3-2-10(7-17)6-12(11)16/h2-6H,7-8,17H2,1H3,(H,18,19). The molecule has 0 bridgehead atoms. The molecule has 0 spiro atoms. The number of anilines is 1. The Morgan fingerprint density at radius 1 is 1.37 bits per heavy atom. The fourth-order valence-corrected chi connectivity index (χ4v) is 2.08. The van der Waals surface area contributed by atoms with Gasteiger partial charge in [0.25, 0.3) is 0 Å². The molecule has 0 atom stereocenters. The molecule has 1 aromatic heterocycles. The van der Waals surface area contributed by atoms with Gasteiger partial charge in [-0.3, -0.25) is 0 Å². The first-order chi connectivity index (χ1) is 9.11. The van der Waals surface area contributed by atoms with Crippen molar-refractivity contribution in [3.63, 3.8) is 0 Å². The minimum atomic E-state index is -0.251. The molecule has 3 nitrogen and oxygen atoms in total. The van der Waals surface area contributed by atoms with Gasteiger partial charge in [-0.15, -0.1) is 0 Å². The molecule has 0 saturated heterocycles. The van der Waals surface area contributed by atoms with Crippen molar-refractivity contribution in [3.8, 4) is 0 Å². The Morgan fingerprint density at radius 3 is 2.84 bits per heavy atom. The number of nitrogens with one attached hydrogen (secondary N) is 1. The molecular formula is C14H15BrFN3. The number of halogens is 2. The Kier molecular flexibility index (Phi) is 4.50. The number of nitrogens with two attached hydrogens (primary N) is 1. The molecule has 100 valence electrons. The highest BCUT2D eigenvalue weighted by Crippen LogP contribution is 2.24. The molecule has 5 heteroatoms. The summed E-state index contributed by atoms with van der Waals surface area (Å²) in [6.07, 6.45) is 1.72. The molecule has 0 amide bonds. The molecular weight excluding hydrogens is 309 g/mol. The summed E-state index contributed by atoms with van der Waals surface area (Å²) in [5.74, 6) is 0.460. The molecule has 19 heavy (non-hydrogen) atoms. The highest BCUT2D eigenvalue weighted by atomic mass is 79.9. The van der Waals surface area contributed by atoms with Gasteiger partial charge < -0.3 is 11.1 Å². The Morgan fingerprint density at radius 2 is 2.16 bits per heavy atom. The van der Waals surface area contributed by atoms with E-state index in [1.165, 1.54) is 6.07 Å². The largest absolute Gasteiger partial charge is 0.365 e. The van der Waals surface area contributed by atoms with E-state index >= 15 is 0 Å². The molecule has 0 saturated carbocycles. The van der Waals surface area contributed by atoms with Crippen LogP contribution in [0, 0.1) is 12.7 Å². The van der Waals surface area contributed by atoms with Crippen molar-refractivity contribution in [3.05, 3.63) is 57.4 Å². The second kappa shape index (κ2) is 6.12. The van der Waals surface area contributed by atoms with Gasteiger partial charge in [-0.1, -0.05) is 12.1 Å². The highest BCUT2D eigenvalue weighted by molar-refractivity contribution is 9.10. The Hall–Kier alpha value is -1.46. The molecule has 3 N–H and O–H groups in total. The lowest BCUT2D eigenvalue weighted by Gasteiger charge is -2.10. The summed E-state index contributed by atoms with van der Waals surface area (Å²) in [6.45, 7) is 2.70. The lowest BCUT2D eigenvalue weighted by atomic mass is 10.1. The zero-order valence-electron chi connectivity index (χ0n) is 10.6. The van der Waals surface area contributed by atoms with Gasteiger partial charge >= 0.3 is 0 Å². The van der Waals surface area contributed by atoms with Crippen molar-refractivity contribution in [1.29, 1.82) is 0 Å². The topological polar surface area (TPSA) is 50.9 Å². The van der Waals surface area contributed by atoms with Crippen molar-refractivity contribution in [1.82, 2.24) is 4.98 Å². The Labute approximate surface area is 120 Å². The van der Waals surface area contributed by atoms with E-state index in [2.05, 4.69) is 26.2 Å². The number of rotatable bonds is 4. The summed E-state index contributed by atoms with van der Waals surface area (Å²) >= 11 is 3.46. The molecule has 0 aliphatic heterocycles. The number of aromatic nitrogens is 1. The number of aryl methyl sites for hydroxylation is 1. The van der Waals surface area contributed by atoms with Crippen molar-refractivity contribution >= 4 is 21.7 Å². The summed E-state index contributed by atoms with van der Waals surface area (Å²) < 4.78 is 14.7. The summed E-state index contributed by atoms with van der Waals surface area (Å²) in [7, 11) is 0. The average molecular weight is 324 g/mol. The van der Waals surface area contributed by atoms with Crippen LogP contribution < -0.4 is 11.1 Å². The van der Waals surface area contributed by atoms with Gasteiger partial charge in [0.1, 0.15) is 11.6 Å². The van der Waals surface area contributed by atoms with E-state index in [0.29, 0.717) is 24.5 Å². The quantitative estimate of drug-likeness (QED) is 0.907. The fourth-order valence-electron chi connectivity index (χ4n) is 1.70. The van der Waals surface area contributed by atoms with E-state index in [-0.39, 0.29) is 5.82 Å². The fraction of sp³-hybridized carbons (Fsp3) is 0.214. The number of pyridine rings is 1. The van der Waals surface area contributed by atoms with Crippen LogP contribution in [0.4, 0.5) is 10.2 Å². The van der Waals surface area contributed by atoms with E-state index in [1.807, 2.05) is 19.1 Å². The number of nitrogens with zero attached hydrogens (tertiary/aromatic N) is 1. The van der Waals surface area contributed by atoms with Gasteiger partial charge in [-0.2, -0.15) is 0 Å². The molecule has 0 aliphatic carbocycles. The summed E-state index contributed by atoms with van der Waals surface area (Å²) in [4.78, 5) is 4.22. The normalized spacial score (nSPS) is 10.5. The van der Waals surface area contributed by atoms with E-state index in [0.717, 1.165) is 15.6 Å². The number of hydrogen-bond donors (Lipinski definition) is 2.